The Bertz CT molecular complexity index is 436. The van der Waals surface area contributed by atoms with E-state index in [4.69, 9.17) is 0 Å². The molecule has 0 heterocycles. The van der Waals surface area contributed by atoms with E-state index in [1.54, 1.807) is 0 Å². The Morgan fingerprint density at radius 1 is 0.941 bits per heavy atom. The number of rotatable bonds is 5. The molecule has 17 heavy (non-hydrogen) atoms. The van der Waals surface area contributed by atoms with E-state index in [1.807, 2.05) is 11.8 Å². The van der Waals surface area contributed by atoms with Gasteiger partial charge in [0.1, 0.15) is 0 Å². The van der Waals surface area contributed by atoms with Crippen molar-refractivity contribution in [1.29, 1.82) is 0 Å². The van der Waals surface area contributed by atoms with Crippen LogP contribution in [0.1, 0.15) is 5.56 Å². The maximum absolute atomic E-state index is 3.42. The second-order valence-electron chi connectivity index (χ2n) is 3.95. The molecule has 0 atom stereocenters. The molecule has 2 heteroatoms. The SMILES string of the molecule is Cc1ccc(NCCSc2ccccc2)cc1. The fourth-order valence-corrected chi connectivity index (χ4v) is 2.34. The lowest BCUT2D eigenvalue weighted by Crippen LogP contribution is -2.03. The second kappa shape index (κ2) is 6.36. The van der Waals surface area contributed by atoms with Gasteiger partial charge >= 0.3 is 0 Å². The first kappa shape index (κ1) is 12.1. The summed E-state index contributed by atoms with van der Waals surface area (Å²) in [6.07, 6.45) is 0. The molecule has 88 valence electrons. The molecular formula is C15H17NS. The molecule has 0 radical (unpaired) electrons. The summed E-state index contributed by atoms with van der Waals surface area (Å²) < 4.78 is 0. The van der Waals surface area contributed by atoms with E-state index < -0.39 is 0 Å². The zero-order valence-electron chi connectivity index (χ0n) is 10.0. The van der Waals surface area contributed by atoms with Crippen molar-refractivity contribution >= 4 is 17.4 Å². The van der Waals surface area contributed by atoms with E-state index in [9.17, 15) is 0 Å². The molecule has 0 aliphatic heterocycles. The number of hydrogen-bond donors (Lipinski definition) is 1. The van der Waals surface area contributed by atoms with Crippen LogP contribution in [0.3, 0.4) is 0 Å². The average molecular weight is 243 g/mol. The van der Waals surface area contributed by atoms with Crippen molar-refractivity contribution in [3.05, 3.63) is 60.2 Å². The Hall–Kier alpha value is -1.41. The molecule has 0 saturated heterocycles. The highest BCUT2D eigenvalue weighted by atomic mass is 32.2. The third-order valence-electron chi connectivity index (χ3n) is 2.49. The summed E-state index contributed by atoms with van der Waals surface area (Å²) in [4.78, 5) is 1.33. The molecule has 0 bridgehead atoms. The fourth-order valence-electron chi connectivity index (χ4n) is 1.55. The number of nitrogens with one attached hydrogen (secondary N) is 1. The summed E-state index contributed by atoms with van der Waals surface area (Å²) in [5, 5.41) is 3.42. The lowest BCUT2D eigenvalue weighted by Gasteiger charge is -2.06. The summed E-state index contributed by atoms with van der Waals surface area (Å²) >= 11 is 1.88. The van der Waals surface area contributed by atoms with Crippen LogP contribution in [-0.4, -0.2) is 12.3 Å². The van der Waals surface area contributed by atoms with E-state index >= 15 is 0 Å². The highest BCUT2D eigenvalue weighted by Crippen LogP contribution is 2.16. The molecule has 0 spiro atoms. The van der Waals surface area contributed by atoms with Gasteiger partial charge in [0.2, 0.25) is 0 Å². The van der Waals surface area contributed by atoms with Gasteiger partial charge in [-0.3, -0.25) is 0 Å². The topological polar surface area (TPSA) is 12.0 Å². The maximum Gasteiger partial charge on any atom is 0.0340 e. The van der Waals surface area contributed by atoms with Gasteiger partial charge in [0, 0.05) is 22.9 Å². The van der Waals surface area contributed by atoms with Crippen molar-refractivity contribution in [3.63, 3.8) is 0 Å². The summed E-state index contributed by atoms with van der Waals surface area (Å²) in [5.41, 5.74) is 2.50. The van der Waals surface area contributed by atoms with Gasteiger partial charge in [0.15, 0.2) is 0 Å². The minimum atomic E-state index is 0.989. The van der Waals surface area contributed by atoms with Crippen molar-refractivity contribution in [2.75, 3.05) is 17.6 Å². The molecular weight excluding hydrogens is 226 g/mol. The first-order valence-corrected chi connectivity index (χ1v) is 6.81. The predicted octanol–water partition coefficient (Wildman–Crippen LogP) is 4.20. The molecule has 0 aliphatic rings. The van der Waals surface area contributed by atoms with E-state index in [-0.39, 0.29) is 0 Å². The highest BCUT2D eigenvalue weighted by Gasteiger charge is 1.93. The fraction of sp³-hybridized carbons (Fsp3) is 0.200. The van der Waals surface area contributed by atoms with Gasteiger partial charge in [-0.05, 0) is 31.2 Å². The Balaban J connectivity index is 1.71. The van der Waals surface area contributed by atoms with Crippen LogP contribution < -0.4 is 5.32 Å². The van der Waals surface area contributed by atoms with Crippen molar-refractivity contribution in [2.45, 2.75) is 11.8 Å². The van der Waals surface area contributed by atoms with Crippen LogP contribution in [0.15, 0.2) is 59.5 Å². The predicted molar refractivity (Wildman–Crippen MR) is 76.8 cm³/mol. The number of aryl methyl sites for hydroxylation is 1. The van der Waals surface area contributed by atoms with Crippen LogP contribution in [0.5, 0.6) is 0 Å². The third kappa shape index (κ3) is 4.16. The van der Waals surface area contributed by atoms with Crippen LogP contribution >= 0.6 is 11.8 Å². The Labute approximate surface area is 107 Å². The quantitative estimate of drug-likeness (QED) is 0.624. The van der Waals surface area contributed by atoms with Crippen LogP contribution in [0, 0.1) is 6.92 Å². The van der Waals surface area contributed by atoms with Crippen LogP contribution in [0.25, 0.3) is 0 Å². The Morgan fingerprint density at radius 2 is 1.65 bits per heavy atom. The number of thioether (sulfide) groups is 1. The summed E-state index contributed by atoms with van der Waals surface area (Å²) in [7, 11) is 0. The molecule has 0 aromatic heterocycles. The van der Waals surface area contributed by atoms with Crippen molar-refractivity contribution in [3.8, 4) is 0 Å². The zero-order chi connectivity index (χ0) is 11.9. The lowest BCUT2D eigenvalue weighted by atomic mass is 10.2. The van der Waals surface area contributed by atoms with Crippen LogP contribution in [-0.2, 0) is 0 Å². The molecule has 1 nitrogen and oxygen atoms in total. The van der Waals surface area contributed by atoms with Gasteiger partial charge in [0.25, 0.3) is 0 Å². The summed E-state index contributed by atoms with van der Waals surface area (Å²) in [6, 6.07) is 19.0. The van der Waals surface area contributed by atoms with Crippen molar-refractivity contribution in [1.82, 2.24) is 0 Å². The lowest BCUT2D eigenvalue weighted by molar-refractivity contribution is 1.22. The number of anilines is 1. The van der Waals surface area contributed by atoms with Gasteiger partial charge < -0.3 is 5.32 Å². The molecule has 0 aliphatic carbocycles. The number of benzene rings is 2. The maximum atomic E-state index is 3.42. The molecule has 2 aromatic rings. The third-order valence-corrected chi connectivity index (χ3v) is 3.51. The average Bonchev–Trinajstić information content (AvgIpc) is 2.38. The Morgan fingerprint density at radius 3 is 2.35 bits per heavy atom. The van der Waals surface area contributed by atoms with Gasteiger partial charge in [-0.1, -0.05) is 35.9 Å². The summed E-state index contributed by atoms with van der Waals surface area (Å²) in [6.45, 7) is 3.09. The van der Waals surface area contributed by atoms with Crippen molar-refractivity contribution in [2.24, 2.45) is 0 Å². The van der Waals surface area contributed by atoms with Gasteiger partial charge in [0.05, 0.1) is 0 Å². The molecule has 0 saturated carbocycles. The zero-order valence-corrected chi connectivity index (χ0v) is 10.8. The largest absolute Gasteiger partial charge is 0.384 e. The minimum absolute atomic E-state index is 0.989. The van der Waals surface area contributed by atoms with Crippen LogP contribution in [0.2, 0.25) is 0 Å². The van der Waals surface area contributed by atoms with E-state index in [0.29, 0.717) is 0 Å². The number of hydrogen-bond acceptors (Lipinski definition) is 2. The van der Waals surface area contributed by atoms with E-state index in [2.05, 4.69) is 66.8 Å². The monoisotopic (exact) mass is 243 g/mol. The molecule has 1 N–H and O–H groups in total. The van der Waals surface area contributed by atoms with Crippen molar-refractivity contribution < 1.29 is 0 Å². The van der Waals surface area contributed by atoms with E-state index in [1.165, 1.54) is 16.1 Å². The van der Waals surface area contributed by atoms with Gasteiger partial charge in [-0.15, -0.1) is 11.8 Å². The second-order valence-corrected chi connectivity index (χ2v) is 5.12. The first-order chi connectivity index (χ1) is 8.34. The van der Waals surface area contributed by atoms with E-state index in [0.717, 1.165) is 12.3 Å². The normalized spacial score (nSPS) is 10.2. The smallest absolute Gasteiger partial charge is 0.0340 e. The standard InChI is InChI=1S/C15H17NS/c1-13-7-9-14(10-8-13)16-11-12-17-15-5-3-2-4-6-15/h2-10,16H,11-12H2,1H3. The van der Waals surface area contributed by atoms with Gasteiger partial charge in [-0.25, -0.2) is 0 Å². The van der Waals surface area contributed by atoms with Gasteiger partial charge in [-0.2, -0.15) is 0 Å². The molecule has 2 aromatic carbocycles. The van der Waals surface area contributed by atoms with Crippen LogP contribution in [0.4, 0.5) is 5.69 Å². The molecule has 2 rings (SSSR count). The Kier molecular flexibility index (Phi) is 4.51. The molecule has 0 unspecified atom stereocenters. The molecule has 0 fully saturated rings. The minimum Gasteiger partial charge on any atom is -0.384 e. The summed E-state index contributed by atoms with van der Waals surface area (Å²) in [5.74, 6) is 1.08. The molecule has 0 amide bonds. The highest BCUT2D eigenvalue weighted by molar-refractivity contribution is 7.99. The first-order valence-electron chi connectivity index (χ1n) is 5.83.